The summed E-state index contributed by atoms with van der Waals surface area (Å²) in [6.07, 6.45) is 1.43. The number of aryl methyl sites for hydroxylation is 1. The number of carbonyl (C=O) groups excluding carboxylic acids is 4. The topological polar surface area (TPSA) is 146 Å². The number of nitro groups is 1. The first kappa shape index (κ1) is 25.7. The molecule has 3 aliphatic rings. The molecule has 2 aromatic carbocycles. The molecule has 0 bridgehead atoms. The molecule has 1 aromatic heterocycles. The Balaban J connectivity index is 1.16. The van der Waals surface area contributed by atoms with Crippen molar-refractivity contribution in [3.63, 3.8) is 0 Å². The molecule has 4 heterocycles. The van der Waals surface area contributed by atoms with Crippen molar-refractivity contribution in [3.8, 4) is 0 Å². The molecular formula is C28H26FN5O6. The average molecular weight is 548 g/mol. The number of carbonyl (C=O) groups is 4. The van der Waals surface area contributed by atoms with Gasteiger partial charge < -0.3 is 14.8 Å². The molecule has 206 valence electrons. The van der Waals surface area contributed by atoms with E-state index in [0.717, 1.165) is 5.39 Å². The van der Waals surface area contributed by atoms with Gasteiger partial charge >= 0.3 is 0 Å². The largest absolute Gasteiger partial charge is 0.350 e. The Labute approximate surface area is 227 Å². The third kappa shape index (κ3) is 4.19. The van der Waals surface area contributed by atoms with Crippen LogP contribution in [0.25, 0.3) is 10.9 Å². The maximum Gasteiger partial charge on any atom is 0.271 e. The molecule has 2 N–H and O–H groups in total. The fraction of sp³-hybridized carbons (Fsp3) is 0.357. The zero-order valence-corrected chi connectivity index (χ0v) is 21.7. The second kappa shape index (κ2) is 9.54. The Morgan fingerprint density at radius 3 is 2.55 bits per heavy atom. The summed E-state index contributed by atoms with van der Waals surface area (Å²) in [5.41, 5.74) is 2.91. The number of aromatic nitrogens is 1. The van der Waals surface area contributed by atoms with Gasteiger partial charge in [0.1, 0.15) is 17.6 Å². The number of amides is 4. The molecule has 2 fully saturated rings. The molecule has 3 aliphatic heterocycles. The van der Waals surface area contributed by atoms with Gasteiger partial charge in [0.2, 0.25) is 11.8 Å². The zero-order chi connectivity index (χ0) is 28.3. The van der Waals surface area contributed by atoms with Crippen LogP contribution in [0, 0.1) is 22.9 Å². The van der Waals surface area contributed by atoms with Gasteiger partial charge in [-0.2, -0.15) is 0 Å². The summed E-state index contributed by atoms with van der Waals surface area (Å²) in [7, 11) is 0. The van der Waals surface area contributed by atoms with Gasteiger partial charge in [0.15, 0.2) is 0 Å². The van der Waals surface area contributed by atoms with Gasteiger partial charge in [-0.15, -0.1) is 0 Å². The third-order valence-corrected chi connectivity index (χ3v) is 8.33. The van der Waals surface area contributed by atoms with Crippen LogP contribution in [-0.4, -0.2) is 62.5 Å². The fourth-order valence-electron chi connectivity index (χ4n) is 6.13. The molecule has 12 heteroatoms. The van der Waals surface area contributed by atoms with E-state index in [2.05, 4.69) is 10.3 Å². The summed E-state index contributed by atoms with van der Waals surface area (Å²) in [5.74, 6) is -2.16. The summed E-state index contributed by atoms with van der Waals surface area (Å²) in [6, 6.07) is 6.62. The lowest BCUT2D eigenvalue weighted by Gasteiger charge is -2.32. The number of rotatable bonds is 4. The van der Waals surface area contributed by atoms with E-state index in [1.165, 1.54) is 23.1 Å². The van der Waals surface area contributed by atoms with Crippen LogP contribution in [0.2, 0.25) is 0 Å². The third-order valence-electron chi connectivity index (χ3n) is 8.33. The van der Waals surface area contributed by atoms with Gasteiger partial charge in [-0.05, 0) is 60.9 Å². The second-order valence-electron chi connectivity index (χ2n) is 10.6. The number of nitrogens with one attached hydrogen (secondary N) is 2. The van der Waals surface area contributed by atoms with Gasteiger partial charge in [0.25, 0.3) is 17.5 Å². The molecule has 0 aliphatic carbocycles. The van der Waals surface area contributed by atoms with E-state index in [-0.39, 0.29) is 48.4 Å². The highest BCUT2D eigenvalue weighted by molar-refractivity contribution is 6.05. The number of imide groups is 1. The van der Waals surface area contributed by atoms with Crippen molar-refractivity contribution in [2.45, 2.75) is 51.1 Å². The number of halogens is 1. The maximum absolute atomic E-state index is 15.3. The van der Waals surface area contributed by atoms with Crippen molar-refractivity contribution in [2.24, 2.45) is 0 Å². The molecule has 6 rings (SSSR count). The summed E-state index contributed by atoms with van der Waals surface area (Å²) < 4.78 is 15.3. The highest BCUT2D eigenvalue weighted by Crippen LogP contribution is 2.36. The standard InChI is InChI=1S/C28H26FN5O6/c1-14-18-3-2-17(34(39)40)11-22(18)30-25(14)28(38)32-8-6-15(7-9-32)19-10-16-13-33(27(37)20(16)12-21(19)29)23-4-5-24(35)31-26(23)36/h2-3,10-12,15,23,30H,4-9,13H2,1H3,(H,31,35,36). The van der Waals surface area contributed by atoms with E-state index in [1.807, 2.05) is 0 Å². The van der Waals surface area contributed by atoms with E-state index >= 15 is 4.39 Å². The van der Waals surface area contributed by atoms with Crippen molar-refractivity contribution in [1.82, 2.24) is 20.1 Å². The van der Waals surface area contributed by atoms with Crippen molar-refractivity contribution >= 4 is 40.2 Å². The Morgan fingerprint density at radius 1 is 1.10 bits per heavy atom. The van der Waals surface area contributed by atoms with E-state index in [0.29, 0.717) is 53.8 Å². The maximum atomic E-state index is 15.3. The molecule has 11 nitrogen and oxygen atoms in total. The van der Waals surface area contributed by atoms with E-state index in [1.54, 1.807) is 24.0 Å². The number of nitrogens with zero attached hydrogens (tertiary/aromatic N) is 3. The monoisotopic (exact) mass is 547 g/mol. The smallest absolute Gasteiger partial charge is 0.271 e. The molecule has 40 heavy (non-hydrogen) atoms. The van der Waals surface area contributed by atoms with Crippen molar-refractivity contribution in [3.05, 3.63) is 74.2 Å². The first-order chi connectivity index (χ1) is 19.1. The molecule has 4 amide bonds. The number of fused-ring (bicyclic) bond motifs is 2. The molecule has 3 aromatic rings. The molecule has 0 radical (unpaired) electrons. The van der Waals surface area contributed by atoms with Crippen LogP contribution in [0.4, 0.5) is 10.1 Å². The Morgan fingerprint density at radius 2 is 1.85 bits per heavy atom. The zero-order valence-electron chi connectivity index (χ0n) is 21.7. The molecule has 1 atom stereocenters. The minimum Gasteiger partial charge on any atom is -0.350 e. The number of nitro benzene ring substituents is 1. The minimum atomic E-state index is -0.766. The van der Waals surface area contributed by atoms with Crippen molar-refractivity contribution < 1.29 is 28.5 Å². The quantitative estimate of drug-likeness (QED) is 0.291. The van der Waals surface area contributed by atoms with Gasteiger partial charge in [0.05, 0.1) is 10.4 Å². The number of H-pyrrole nitrogens is 1. The predicted octanol–water partition coefficient (Wildman–Crippen LogP) is 3.30. The lowest BCUT2D eigenvalue weighted by Crippen LogP contribution is -2.52. The van der Waals surface area contributed by atoms with Crippen molar-refractivity contribution in [1.29, 1.82) is 0 Å². The predicted molar refractivity (Wildman–Crippen MR) is 140 cm³/mol. The van der Waals surface area contributed by atoms with Gasteiger partial charge in [-0.25, -0.2) is 4.39 Å². The van der Waals surface area contributed by atoms with Crippen LogP contribution in [0.1, 0.15) is 69.1 Å². The van der Waals surface area contributed by atoms with Crippen molar-refractivity contribution in [2.75, 3.05) is 13.1 Å². The van der Waals surface area contributed by atoms with Crippen LogP contribution in [-0.2, 0) is 16.1 Å². The summed E-state index contributed by atoms with van der Waals surface area (Å²) >= 11 is 0. The Hall–Kier alpha value is -4.61. The highest BCUT2D eigenvalue weighted by Gasteiger charge is 2.40. The Bertz CT molecular complexity index is 1620. The highest BCUT2D eigenvalue weighted by atomic mass is 19.1. The lowest BCUT2D eigenvalue weighted by molar-refractivity contribution is -0.384. The first-order valence-electron chi connectivity index (χ1n) is 13.2. The molecular weight excluding hydrogens is 521 g/mol. The van der Waals surface area contributed by atoms with Crippen LogP contribution >= 0.6 is 0 Å². The van der Waals surface area contributed by atoms with Gasteiger partial charge in [0, 0.05) is 49.1 Å². The number of likely N-dealkylation sites (tertiary alicyclic amines) is 1. The lowest BCUT2D eigenvalue weighted by atomic mass is 9.87. The molecule has 2 saturated heterocycles. The van der Waals surface area contributed by atoms with Crippen LogP contribution in [0.5, 0.6) is 0 Å². The van der Waals surface area contributed by atoms with E-state index in [4.69, 9.17) is 0 Å². The minimum absolute atomic E-state index is 0.0631. The molecule has 1 unspecified atom stereocenters. The normalized spacial score (nSPS) is 19.8. The van der Waals surface area contributed by atoms with Crippen LogP contribution in [0.3, 0.4) is 0 Å². The van der Waals surface area contributed by atoms with Crippen LogP contribution in [0.15, 0.2) is 30.3 Å². The number of hydrogen-bond donors (Lipinski definition) is 2. The number of non-ortho nitro benzene ring substituents is 1. The Kier molecular flexibility index (Phi) is 6.12. The summed E-state index contributed by atoms with van der Waals surface area (Å²) in [5, 5.41) is 14.1. The molecule has 0 spiro atoms. The number of hydrogen-bond acceptors (Lipinski definition) is 6. The average Bonchev–Trinajstić information content (AvgIpc) is 3.43. The van der Waals surface area contributed by atoms with Gasteiger partial charge in [-0.1, -0.05) is 6.07 Å². The van der Waals surface area contributed by atoms with E-state index in [9.17, 15) is 29.3 Å². The summed E-state index contributed by atoms with van der Waals surface area (Å²) in [6.45, 7) is 2.76. The van der Waals surface area contributed by atoms with Gasteiger partial charge in [-0.3, -0.25) is 34.6 Å². The number of benzene rings is 2. The number of aromatic amines is 1. The SMILES string of the molecule is Cc1c(C(=O)N2CCC(c3cc4c(cc3F)C(=O)N(C3CCC(=O)NC3=O)C4)CC2)[nH]c2cc([N+](=O)[O-])ccc12. The second-order valence-corrected chi connectivity index (χ2v) is 10.6. The first-order valence-corrected chi connectivity index (χ1v) is 13.2. The fourth-order valence-corrected chi connectivity index (χ4v) is 6.13. The summed E-state index contributed by atoms with van der Waals surface area (Å²) in [4.78, 5) is 66.9. The van der Waals surface area contributed by atoms with Crippen LogP contribution < -0.4 is 5.32 Å². The van der Waals surface area contributed by atoms with E-state index < -0.39 is 28.6 Å². The molecule has 0 saturated carbocycles. The number of piperidine rings is 2.